The number of aryl methyl sites for hydroxylation is 1. The Morgan fingerprint density at radius 1 is 1.00 bits per heavy atom. The number of benzene rings is 3. The van der Waals surface area contributed by atoms with Crippen molar-refractivity contribution in [2.75, 3.05) is 5.32 Å². The van der Waals surface area contributed by atoms with Crippen LogP contribution in [0.25, 0.3) is 33.2 Å². The minimum absolute atomic E-state index is 0.0892. The molecule has 0 fully saturated rings. The normalized spacial score (nSPS) is 11.2. The minimum Gasteiger partial charge on any atom is -0.353 e. The van der Waals surface area contributed by atoms with E-state index in [0.29, 0.717) is 30.0 Å². The minimum atomic E-state index is -0.292. The molecule has 0 unspecified atom stereocenters. The summed E-state index contributed by atoms with van der Waals surface area (Å²) in [5.41, 5.74) is 5.03. The number of carbonyl (C=O) groups is 1. The van der Waals surface area contributed by atoms with E-state index >= 15 is 0 Å². The Labute approximate surface area is 195 Å². The zero-order chi connectivity index (χ0) is 22.8. The van der Waals surface area contributed by atoms with E-state index in [9.17, 15) is 9.18 Å². The van der Waals surface area contributed by atoms with Gasteiger partial charge in [-0.25, -0.2) is 9.37 Å². The summed E-state index contributed by atoms with van der Waals surface area (Å²) in [6.45, 7) is 0. The van der Waals surface area contributed by atoms with Crippen molar-refractivity contribution in [3.63, 3.8) is 0 Å². The number of rotatable bonds is 6. The van der Waals surface area contributed by atoms with E-state index in [4.69, 9.17) is 16.6 Å². The number of hydrogen-bond donors (Lipinski definition) is 2. The number of nitrogens with zero attached hydrogens (tertiary/aromatic N) is 1. The van der Waals surface area contributed by atoms with E-state index in [0.717, 1.165) is 38.8 Å². The Balaban J connectivity index is 1.41. The zero-order valence-electron chi connectivity index (χ0n) is 17.7. The second-order valence-corrected chi connectivity index (χ2v) is 8.41. The van der Waals surface area contributed by atoms with Crippen molar-refractivity contribution in [2.45, 2.75) is 19.3 Å². The van der Waals surface area contributed by atoms with Gasteiger partial charge in [0.15, 0.2) is 0 Å². The Hall–Kier alpha value is -3.70. The molecule has 2 heterocycles. The average Bonchev–Trinajstić information content (AvgIpc) is 3.16. The standard InChI is InChI=1S/C27H21ClFN3O/c28-18-6-3-7-20(15-18)30-26(33)10-4-8-21-22-16-19(29)12-14-24(22)32-27(21)25-13-11-17-5-1-2-9-23(17)31-25/h1-3,5-7,9,11-16,32H,4,8,10H2,(H,30,33). The molecular weight excluding hydrogens is 437 g/mol. The second-order valence-electron chi connectivity index (χ2n) is 7.97. The fourth-order valence-corrected chi connectivity index (χ4v) is 4.31. The van der Waals surface area contributed by atoms with Crippen molar-refractivity contribution in [3.8, 4) is 11.4 Å². The first kappa shape index (κ1) is 21.2. The van der Waals surface area contributed by atoms with E-state index < -0.39 is 0 Å². The van der Waals surface area contributed by atoms with Crippen LogP contribution in [0.15, 0.2) is 78.9 Å². The third-order valence-electron chi connectivity index (χ3n) is 5.66. The predicted molar refractivity (Wildman–Crippen MR) is 132 cm³/mol. The fourth-order valence-electron chi connectivity index (χ4n) is 4.12. The van der Waals surface area contributed by atoms with Crippen molar-refractivity contribution in [3.05, 3.63) is 95.3 Å². The van der Waals surface area contributed by atoms with Gasteiger partial charge in [-0.05, 0) is 66.9 Å². The molecule has 6 heteroatoms. The summed E-state index contributed by atoms with van der Waals surface area (Å²) >= 11 is 5.99. The molecule has 0 atom stereocenters. The van der Waals surface area contributed by atoms with Gasteiger partial charge in [0, 0.05) is 33.4 Å². The van der Waals surface area contributed by atoms with Crippen molar-refractivity contribution in [1.29, 1.82) is 0 Å². The Bertz CT molecular complexity index is 1480. The number of halogens is 2. The number of para-hydroxylation sites is 1. The molecule has 0 saturated carbocycles. The Kier molecular flexibility index (Phi) is 5.80. The number of H-pyrrole nitrogens is 1. The maximum absolute atomic E-state index is 14.1. The number of anilines is 1. The molecule has 4 nitrogen and oxygen atoms in total. The largest absolute Gasteiger partial charge is 0.353 e. The monoisotopic (exact) mass is 457 g/mol. The predicted octanol–water partition coefficient (Wildman–Crippen LogP) is 7.14. The summed E-state index contributed by atoms with van der Waals surface area (Å²) < 4.78 is 14.1. The van der Waals surface area contributed by atoms with Crippen LogP contribution in [0.2, 0.25) is 5.02 Å². The molecule has 0 aliphatic rings. The summed E-state index contributed by atoms with van der Waals surface area (Å²) in [7, 11) is 0. The molecule has 2 aromatic heterocycles. The van der Waals surface area contributed by atoms with Crippen LogP contribution >= 0.6 is 11.6 Å². The first-order valence-electron chi connectivity index (χ1n) is 10.8. The van der Waals surface area contributed by atoms with Crippen LogP contribution < -0.4 is 5.32 Å². The average molecular weight is 458 g/mol. The summed E-state index contributed by atoms with van der Waals surface area (Å²) in [5, 5.41) is 5.32. The van der Waals surface area contributed by atoms with Crippen LogP contribution in [0.1, 0.15) is 18.4 Å². The highest BCUT2D eigenvalue weighted by atomic mass is 35.5. The third kappa shape index (κ3) is 4.59. The van der Waals surface area contributed by atoms with Gasteiger partial charge in [0.1, 0.15) is 5.82 Å². The summed E-state index contributed by atoms with van der Waals surface area (Å²) in [6, 6.07) is 23.7. The van der Waals surface area contributed by atoms with E-state index in [1.807, 2.05) is 36.4 Å². The maximum atomic E-state index is 14.1. The molecule has 3 aromatic carbocycles. The first-order chi connectivity index (χ1) is 16.1. The van der Waals surface area contributed by atoms with Crippen LogP contribution in [-0.4, -0.2) is 15.9 Å². The van der Waals surface area contributed by atoms with E-state index in [2.05, 4.69) is 10.3 Å². The molecule has 0 bridgehead atoms. The number of carbonyl (C=O) groups excluding carboxylic acids is 1. The molecular formula is C27H21ClFN3O. The van der Waals surface area contributed by atoms with Gasteiger partial charge < -0.3 is 10.3 Å². The molecule has 0 aliphatic heterocycles. The number of hydrogen-bond acceptors (Lipinski definition) is 2. The van der Waals surface area contributed by atoms with Crippen molar-refractivity contribution in [1.82, 2.24) is 9.97 Å². The van der Waals surface area contributed by atoms with Gasteiger partial charge in [-0.3, -0.25) is 4.79 Å². The summed E-state index contributed by atoms with van der Waals surface area (Å²) in [6.07, 6.45) is 1.55. The molecule has 5 aromatic rings. The van der Waals surface area contributed by atoms with Gasteiger partial charge >= 0.3 is 0 Å². The fraction of sp³-hybridized carbons (Fsp3) is 0.111. The number of amides is 1. The quantitative estimate of drug-likeness (QED) is 0.285. The van der Waals surface area contributed by atoms with Gasteiger partial charge in [-0.15, -0.1) is 0 Å². The van der Waals surface area contributed by atoms with Crippen LogP contribution in [0.3, 0.4) is 0 Å². The highest BCUT2D eigenvalue weighted by Gasteiger charge is 2.16. The lowest BCUT2D eigenvalue weighted by Gasteiger charge is -2.08. The number of fused-ring (bicyclic) bond motifs is 2. The number of aromatic nitrogens is 2. The second kappa shape index (κ2) is 9.04. The molecule has 2 N–H and O–H groups in total. The van der Waals surface area contributed by atoms with Gasteiger partial charge in [-0.1, -0.05) is 41.9 Å². The summed E-state index contributed by atoms with van der Waals surface area (Å²) in [5.74, 6) is -0.381. The summed E-state index contributed by atoms with van der Waals surface area (Å²) in [4.78, 5) is 20.7. The Morgan fingerprint density at radius 2 is 1.88 bits per heavy atom. The molecule has 33 heavy (non-hydrogen) atoms. The molecule has 164 valence electrons. The van der Waals surface area contributed by atoms with E-state index in [1.54, 1.807) is 30.3 Å². The van der Waals surface area contributed by atoms with Crippen LogP contribution in [0.5, 0.6) is 0 Å². The lowest BCUT2D eigenvalue weighted by Crippen LogP contribution is -2.11. The topological polar surface area (TPSA) is 57.8 Å². The zero-order valence-corrected chi connectivity index (χ0v) is 18.5. The van der Waals surface area contributed by atoms with Gasteiger partial charge in [0.25, 0.3) is 0 Å². The molecule has 0 radical (unpaired) electrons. The lowest BCUT2D eigenvalue weighted by molar-refractivity contribution is -0.116. The molecule has 0 aliphatic carbocycles. The molecule has 0 saturated heterocycles. The SMILES string of the molecule is O=C(CCCc1c(-c2ccc3ccccc3n2)[nH]c2ccc(F)cc12)Nc1cccc(Cl)c1. The van der Waals surface area contributed by atoms with Gasteiger partial charge in [-0.2, -0.15) is 0 Å². The van der Waals surface area contributed by atoms with Crippen molar-refractivity contribution >= 4 is 45.0 Å². The van der Waals surface area contributed by atoms with E-state index in [-0.39, 0.29) is 11.7 Å². The molecule has 0 spiro atoms. The van der Waals surface area contributed by atoms with Crippen molar-refractivity contribution in [2.24, 2.45) is 0 Å². The van der Waals surface area contributed by atoms with Gasteiger partial charge in [0.2, 0.25) is 5.91 Å². The highest BCUT2D eigenvalue weighted by molar-refractivity contribution is 6.30. The van der Waals surface area contributed by atoms with Crippen LogP contribution in [0.4, 0.5) is 10.1 Å². The lowest BCUT2D eigenvalue weighted by atomic mass is 10.0. The van der Waals surface area contributed by atoms with E-state index in [1.165, 1.54) is 12.1 Å². The Morgan fingerprint density at radius 3 is 2.76 bits per heavy atom. The smallest absolute Gasteiger partial charge is 0.224 e. The van der Waals surface area contributed by atoms with Crippen LogP contribution in [0, 0.1) is 5.82 Å². The van der Waals surface area contributed by atoms with Gasteiger partial charge in [0.05, 0.1) is 16.9 Å². The number of nitrogens with one attached hydrogen (secondary N) is 2. The highest BCUT2D eigenvalue weighted by Crippen LogP contribution is 2.32. The van der Waals surface area contributed by atoms with Crippen LogP contribution in [-0.2, 0) is 11.2 Å². The molecule has 5 rings (SSSR count). The number of aromatic amines is 1. The molecule has 1 amide bonds. The third-order valence-corrected chi connectivity index (χ3v) is 5.90. The van der Waals surface area contributed by atoms with Crippen molar-refractivity contribution < 1.29 is 9.18 Å². The number of pyridine rings is 1. The maximum Gasteiger partial charge on any atom is 0.224 e. The first-order valence-corrected chi connectivity index (χ1v) is 11.2.